The summed E-state index contributed by atoms with van der Waals surface area (Å²) in [6, 6.07) is 0. The summed E-state index contributed by atoms with van der Waals surface area (Å²) in [6.07, 6.45) is 0.0704. The van der Waals surface area contributed by atoms with Crippen LogP contribution in [0.3, 0.4) is 0 Å². The van der Waals surface area contributed by atoms with E-state index in [9.17, 15) is 14.4 Å². The largest absolute Gasteiger partial charge is 0.466 e. The van der Waals surface area contributed by atoms with Gasteiger partial charge in [-0.3, -0.25) is 14.4 Å². The number of carbonyl (C=O) groups is 3. The third-order valence-electron chi connectivity index (χ3n) is 2.52. The quantitative estimate of drug-likeness (QED) is 0.769. The van der Waals surface area contributed by atoms with Crippen molar-refractivity contribution in [3.05, 3.63) is 11.1 Å². The molecular formula is C14H21N3O4S. The van der Waals surface area contributed by atoms with Crippen LogP contribution in [-0.2, 0) is 25.5 Å². The van der Waals surface area contributed by atoms with Crippen molar-refractivity contribution >= 4 is 34.3 Å². The van der Waals surface area contributed by atoms with Crippen LogP contribution >= 0.6 is 11.3 Å². The molecule has 0 saturated heterocycles. The van der Waals surface area contributed by atoms with E-state index in [-0.39, 0.29) is 30.7 Å². The molecule has 1 aromatic heterocycles. The third-order valence-corrected chi connectivity index (χ3v) is 3.33. The highest BCUT2D eigenvalue weighted by Crippen LogP contribution is 2.16. The minimum absolute atomic E-state index is 0.0704. The molecule has 1 aromatic rings. The lowest BCUT2D eigenvalue weighted by Gasteiger charge is -2.17. The number of hydrogen-bond donors (Lipinski definition) is 2. The molecule has 2 N–H and O–H groups in total. The topological polar surface area (TPSA) is 97.4 Å². The average Bonchev–Trinajstić information content (AvgIpc) is 2.82. The second-order valence-corrected chi connectivity index (χ2v) is 6.46. The molecule has 0 aliphatic carbocycles. The molecule has 0 aromatic carbocycles. The molecule has 0 saturated carbocycles. The van der Waals surface area contributed by atoms with Crippen molar-refractivity contribution in [3.63, 3.8) is 0 Å². The van der Waals surface area contributed by atoms with Crippen molar-refractivity contribution in [3.8, 4) is 0 Å². The molecule has 2 amide bonds. The first kappa shape index (κ1) is 18.1. The first-order chi connectivity index (χ1) is 10.2. The van der Waals surface area contributed by atoms with Crippen LogP contribution in [0.4, 0.5) is 5.13 Å². The van der Waals surface area contributed by atoms with Crippen molar-refractivity contribution < 1.29 is 19.1 Å². The van der Waals surface area contributed by atoms with Crippen LogP contribution in [0.15, 0.2) is 5.38 Å². The van der Waals surface area contributed by atoms with Crippen molar-refractivity contribution in [1.82, 2.24) is 10.3 Å². The van der Waals surface area contributed by atoms with E-state index in [1.807, 2.05) is 0 Å². The van der Waals surface area contributed by atoms with E-state index in [0.717, 1.165) is 0 Å². The summed E-state index contributed by atoms with van der Waals surface area (Å²) in [5, 5.41) is 7.19. The smallest absolute Gasteiger partial charge is 0.311 e. The van der Waals surface area contributed by atoms with E-state index in [1.165, 1.54) is 11.3 Å². The van der Waals surface area contributed by atoms with Gasteiger partial charge in [-0.2, -0.15) is 0 Å². The van der Waals surface area contributed by atoms with Gasteiger partial charge in [0.05, 0.1) is 25.3 Å². The zero-order chi connectivity index (χ0) is 16.8. The van der Waals surface area contributed by atoms with E-state index < -0.39 is 5.41 Å². The first-order valence-electron chi connectivity index (χ1n) is 6.90. The fraction of sp³-hybridized carbons (Fsp3) is 0.571. The number of esters is 1. The number of rotatable bonds is 6. The van der Waals surface area contributed by atoms with Crippen LogP contribution in [0.1, 0.15) is 33.4 Å². The van der Waals surface area contributed by atoms with E-state index in [4.69, 9.17) is 4.74 Å². The Bertz CT molecular complexity index is 549. The van der Waals surface area contributed by atoms with Gasteiger partial charge in [0.15, 0.2) is 5.13 Å². The molecule has 22 heavy (non-hydrogen) atoms. The van der Waals surface area contributed by atoms with E-state index in [0.29, 0.717) is 17.4 Å². The highest BCUT2D eigenvalue weighted by atomic mass is 32.1. The van der Waals surface area contributed by atoms with Crippen molar-refractivity contribution in [2.75, 3.05) is 18.5 Å². The fourth-order valence-electron chi connectivity index (χ4n) is 1.39. The molecule has 0 radical (unpaired) electrons. The van der Waals surface area contributed by atoms with Gasteiger partial charge in [-0.15, -0.1) is 11.3 Å². The van der Waals surface area contributed by atoms with Crippen LogP contribution in [0.5, 0.6) is 0 Å². The van der Waals surface area contributed by atoms with Crippen molar-refractivity contribution in [2.24, 2.45) is 5.41 Å². The summed E-state index contributed by atoms with van der Waals surface area (Å²) < 4.78 is 4.82. The summed E-state index contributed by atoms with van der Waals surface area (Å²) in [7, 11) is 0. The number of hydrogen-bond acceptors (Lipinski definition) is 6. The Balaban J connectivity index is 2.44. The molecule has 0 unspecified atom stereocenters. The summed E-state index contributed by atoms with van der Waals surface area (Å²) in [6.45, 7) is 7.23. The Hall–Kier alpha value is -1.96. The van der Waals surface area contributed by atoms with E-state index >= 15 is 0 Å². The summed E-state index contributed by atoms with van der Waals surface area (Å²) in [4.78, 5) is 38.8. The number of nitrogens with one attached hydrogen (secondary N) is 2. The van der Waals surface area contributed by atoms with Gasteiger partial charge in [0.2, 0.25) is 11.8 Å². The molecule has 8 heteroatoms. The molecule has 0 aliphatic rings. The molecule has 1 rings (SSSR count). The summed E-state index contributed by atoms with van der Waals surface area (Å²) in [5.74, 6) is -0.928. The molecule has 0 aliphatic heterocycles. The molecule has 1 heterocycles. The Morgan fingerprint density at radius 3 is 2.59 bits per heavy atom. The second kappa shape index (κ2) is 7.88. The maximum absolute atomic E-state index is 11.7. The summed E-state index contributed by atoms with van der Waals surface area (Å²) in [5.41, 5.74) is -0.00802. The number of nitrogens with zero attached hydrogens (tertiary/aromatic N) is 1. The molecular weight excluding hydrogens is 306 g/mol. The highest BCUT2D eigenvalue weighted by Gasteiger charge is 2.21. The predicted molar refractivity (Wildman–Crippen MR) is 83.5 cm³/mol. The molecule has 0 bridgehead atoms. The number of amides is 2. The first-order valence-corrected chi connectivity index (χ1v) is 7.78. The van der Waals surface area contributed by atoms with Crippen molar-refractivity contribution in [2.45, 2.75) is 34.1 Å². The maximum atomic E-state index is 11.7. The lowest BCUT2D eigenvalue weighted by molar-refractivity contribution is -0.142. The lowest BCUT2D eigenvalue weighted by atomic mass is 9.96. The minimum Gasteiger partial charge on any atom is -0.466 e. The highest BCUT2D eigenvalue weighted by molar-refractivity contribution is 7.13. The molecule has 0 spiro atoms. The van der Waals surface area contributed by atoms with Gasteiger partial charge >= 0.3 is 5.97 Å². The van der Waals surface area contributed by atoms with Gasteiger partial charge in [0.25, 0.3) is 0 Å². The Kier molecular flexibility index (Phi) is 6.48. The normalized spacial score (nSPS) is 10.9. The molecule has 122 valence electrons. The van der Waals surface area contributed by atoms with Gasteiger partial charge in [0, 0.05) is 10.8 Å². The Labute approximate surface area is 133 Å². The van der Waals surface area contributed by atoms with Crippen LogP contribution < -0.4 is 10.6 Å². The van der Waals surface area contributed by atoms with Crippen LogP contribution in [0.2, 0.25) is 0 Å². The maximum Gasteiger partial charge on any atom is 0.311 e. The number of thiazole rings is 1. The number of carbonyl (C=O) groups excluding carboxylic acids is 3. The molecule has 0 fully saturated rings. The van der Waals surface area contributed by atoms with Crippen LogP contribution in [-0.4, -0.2) is 35.9 Å². The number of anilines is 1. The van der Waals surface area contributed by atoms with E-state index in [1.54, 1.807) is 33.1 Å². The SMILES string of the molecule is CCOC(=O)Cc1csc(NC(=O)CNC(=O)C(C)(C)C)n1. The van der Waals surface area contributed by atoms with Crippen LogP contribution in [0, 0.1) is 5.41 Å². The fourth-order valence-corrected chi connectivity index (χ4v) is 2.12. The van der Waals surface area contributed by atoms with E-state index in [2.05, 4.69) is 15.6 Å². The summed E-state index contributed by atoms with van der Waals surface area (Å²) >= 11 is 1.21. The number of aromatic nitrogens is 1. The predicted octanol–water partition coefficient (Wildman–Crippen LogP) is 1.35. The zero-order valence-electron chi connectivity index (χ0n) is 13.2. The van der Waals surface area contributed by atoms with Gasteiger partial charge in [-0.05, 0) is 6.92 Å². The number of ether oxygens (including phenoxy) is 1. The third kappa shape index (κ3) is 6.21. The lowest BCUT2D eigenvalue weighted by Crippen LogP contribution is -2.39. The van der Waals surface area contributed by atoms with Gasteiger partial charge in [-0.25, -0.2) is 4.98 Å². The van der Waals surface area contributed by atoms with Gasteiger partial charge in [0.1, 0.15) is 0 Å². The zero-order valence-corrected chi connectivity index (χ0v) is 14.0. The Morgan fingerprint density at radius 2 is 2.00 bits per heavy atom. The van der Waals surface area contributed by atoms with Crippen LogP contribution in [0.25, 0.3) is 0 Å². The van der Waals surface area contributed by atoms with Crippen molar-refractivity contribution in [1.29, 1.82) is 0 Å². The van der Waals surface area contributed by atoms with Gasteiger partial charge in [-0.1, -0.05) is 20.8 Å². The minimum atomic E-state index is -0.547. The second-order valence-electron chi connectivity index (χ2n) is 5.61. The standard InChI is InChI=1S/C14H21N3O4S/c1-5-21-11(19)6-9-8-22-13(16-9)17-10(18)7-15-12(20)14(2,3)4/h8H,5-7H2,1-4H3,(H,15,20)(H,16,17,18). The average molecular weight is 327 g/mol. The monoisotopic (exact) mass is 327 g/mol. The molecule has 0 atom stereocenters. The van der Waals surface area contributed by atoms with Gasteiger partial charge < -0.3 is 15.4 Å². The Morgan fingerprint density at radius 1 is 1.32 bits per heavy atom. The molecule has 7 nitrogen and oxygen atoms in total.